The second-order valence-electron chi connectivity index (χ2n) is 4.40. The zero-order valence-electron chi connectivity index (χ0n) is 11.1. The second kappa shape index (κ2) is 5.03. The number of fused-ring (bicyclic) bond motifs is 1. The fraction of sp³-hybridized carbons (Fsp3) is 0.125. The number of benzene rings is 1. The first-order chi connectivity index (χ1) is 9.77. The molecule has 2 heterocycles. The highest BCUT2D eigenvalue weighted by Gasteiger charge is 2.29. The molecule has 1 aromatic carbocycles. The van der Waals surface area contributed by atoms with Gasteiger partial charge in [-0.3, -0.25) is 9.98 Å². The van der Waals surface area contributed by atoms with Gasteiger partial charge in [0.2, 0.25) is 0 Å². The number of allylic oxidation sites excluding steroid dienone is 1. The van der Waals surface area contributed by atoms with Crippen molar-refractivity contribution in [1.29, 1.82) is 10.7 Å². The number of hydrogen-bond acceptors (Lipinski definition) is 3. The van der Waals surface area contributed by atoms with E-state index in [1.54, 1.807) is 11.8 Å². The van der Waals surface area contributed by atoms with Gasteiger partial charge in [-0.15, -0.1) is 11.8 Å². The van der Waals surface area contributed by atoms with E-state index in [-0.39, 0.29) is 5.84 Å². The van der Waals surface area contributed by atoms with Crippen molar-refractivity contribution in [2.75, 3.05) is 5.75 Å². The van der Waals surface area contributed by atoms with Gasteiger partial charge in [-0.1, -0.05) is 37.3 Å². The van der Waals surface area contributed by atoms with Gasteiger partial charge in [0.1, 0.15) is 17.5 Å². The molecule has 0 spiro atoms. The second-order valence-corrected chi connectivity index (χ2v) is 5.68. The molecule has 0 unspecified atom stereocenters. The number of nitrogens with one attached hydrogen (secondary N) is 1. The van der Waals surface area contributed by atoms with Crippen molar-refractivity contribution in [3.05, 3.63) is 53.7 Å². The van der Waals surface area contributed by atoms with Gasteiger partial charge in [0, 0.05) is 0 Å². The number of nitrogens with zero attached hydrogens (tertiary/aromatic N) is 2. The lowest BCUT2D eigenvalue weighted by Gasteiger charge is -2.07. The quantitative estimate of drug-likeness (QED) is 0.923. The molecule has 0 saturated heterocycles. The van der Waals surface area contributed by atoms with E-state index in [9.17, 15) is 5.26 Å². The summed E-state index contributed by atoms with van der Waals surface area (Å²) in [5, 5.41) is 17.6. The van der Waals surface area contributed by atoms with Gasteiger partial charge in [-0.25, -0.2) is 0 Å². The van der Waals surface area contributed by atoms with Crippen LogP contribution < -0.4 is 0 Å². The molecule has 0 fully saturated rings. The molecule has 1 N–H and O–H groups in total. The maximum Gasteiger partial charge on any atom is 0.149 e. The van der Waals surface area contributed by atoms with Gasteiger partial charge in [0.25, 0.3) is 0 Å². The molecular formula is C16H13N3S. The Kier molecular flexibility index (Phi) is 3.21. The van der Waals surface area contributed by atoms with Crippen LogP contribution in [0.2, 0.25) is 0 Å². The summed E-state index contributed by atoms with van der Waals surface area (Å²) in [6.07, 6.45) is 0. The SMILES string of the molecule is CCSC1=C(C#N)C(=N)n2c1ccc2-c1ccccc1. The fourth-order valence-corrected chi connectivity index (χ4v) is 3.31. The summed E-state index contributed by atoms with van der Waals surface area (Å²) in [4.78, 5) is 0.919. The lowest BCUT2D eigenvalue weighted by molar-refractivity contribution is 1.14. The van der Waals surface area contributed by atoms with Crippen LogP contribution >= 0.6 is 11.8 Å². The fourth-order valence-electron chi connectivity index (χ4n) is 2.43. The first-order valence-corrected chi connectivity index (χ1v) is 7.40. The average Bonchev–Trinajstić information content (AvgIpc) is 3.01. The molecule has 0 radical (unpaired) electrons. The molecule has 1 aliphatic heterocycles. The maximum atomic E-state index is 9.31. The summed E-state index contributed by atoms with van der Waals surface area (Å²) >= 11 is 1.62. The highest BCUT2D eigenvalue weighted by molar-refractivity contribution is 8.08. The highest BCUT2D eigenvalue weighted by Crippen LogP contribution is 2.40. The maximum absolute atomic E-state index is 9.31. The highest BCUT2D eigenvalue weighted by atomic mass is 32.2. The van der Waals surface area contributed by atoms with Crippen molar-refractivity contribution in [3.8, 4) is 17.3 Å². The van der Waals surface area contributed by atoms with Gasteiger partial charge in [0.05, 0.1) is 16.3 Å². The van der Waals surface area contributed by atoms with E-state index in [1.807, 2.05) is 47.0 Å². The molecule has 3 rings (SSSR count). The number of aromatic nitrogens is 1. The summed E-state index contributed by atoms with van der Waals surface area (Å²) in [6, 6.07) is 16.2. The lowest BCUT2D eigenvalue weighted by Crippen LogP contribution is -2.09. The predicted molar refractivity (Wildman–Crippen MR) is 83.7 cm³/mol. The third-order valence-corrected chi connectivity index (χ3v) is 4.26. The molecule has 0 aliphatic carbocycles. The summed E-state index contributed by atoms with van der Waals surface area (Å²) in [5.41, 5.74) is 3.45. The Hall–Kier alpha value is -2.25. The summed E-state index contributed by atoms with van der Waals surface area (Å²) in [5.74, 6) is 1.17. The van der Waals surface area contributed by atoms with Crippen LogP contribution in [0.15, 0.2) is 48.0 Å². The largest absolute Gasteiger partial charge is 0.293 e. The molecule has 2 aromatic rings. The summed E-state index contributed by atoms with van der Waals surface area (Å²) in [7, 11) is 0. The van der Waals surface area contributed by atoms with E-state index in [4.69, 9.17) is 5.41 Å². The van der Waals surface area contributed by atoms with E-state index in [2.05, 4.69) is 13.0 Å². The standard InChI is InChI=1S/C16H13N3S/c1-2-20-15-12(10-17)16(18)19-13(8-9-14(15)19)11-6-4-3-5-7-11/h3-9,18H,2H2,1H3. The Morgan fingerprint density at radius 3 is 2.50 bits per heavy atom. The minimum atomic E-state index is 0.280. The van der Waals surface area contributed by atoms with Crippen molar-refractivity contribution >= 4 is 22.5 Å². The van der Waals surface area contributed by atoms with Crippen LogP contribution in [0.5, 0.6) is 0 Å². The number of nitriles is 1. The molecule has 0 bridgehead atoms. The smallest absolute Gasteiger partial charge is 0.149 e. The molecular weight excluding hydrogens is 266 g/mol. The molecule has 0 saturated carbocycles. The van der Waals surface area contributed by atoms with Crippen molar-refractivity contribution in [1.82, 2.24) is 4.57 Å². The molecule has 0 amide bonds. The van der Waals surface area contributed by atoms with Gasteiger partial charge < -0.3 is 0 Å². The molecule has 0 atom stereocenters. The first-order valence-electron chi connectivity index (χ1n) is 6.42. The van der Waals surface area contributed by atoms with Crippen molar-refractivity contribution in [2.24, 2.45) is 0 Å². The normalized spacial score (nSPS) is 13.5. The summed E-state index contributed by atoms with van der Waals surface area (Å²) < 4.78 is 1.87. The van der Waals surface area contributed by atoms with Gasteiger partial charge in [-0.05, 0) is 23.4 Å². The Balaban J connectivity index is 2.17. The number of rotatable bonds is 3. The Morgan fingerprint density at radius 2 is 1.85 bits per heavy atom. The third kappa shape index (κ3) is 1.79. The predicted octanol–water partition coefficient (Wildman–Crippen LogP) is 3.98. The van der Waals surface area contributed by atoms with Gasteiger partial charge in [-0.2, -0.15) is 5.26 Å². The third-order valence-electron chi connectivity index (χ3n) is 3.27. The van der Waals surface area contributed by atoms with Crippen LogP contribution in [0.3, 0.4) is 0 Å². The van der Waals surface area contributed by atoms with Gasteiger partial charge >= 0.3 is 0 Å². The minimum absolute atomic E-state index is 0.280. The van der Waals surface area contributed by atoms with Crippen molar-refractivity contribution in [2.45, 2.75) is 6.92 Å². The Morgan fingerprint density at radius 1 is 1.15 bits per heavy atom. The monoisotopic (exact) mass is 279 g/mol. The van der Waals surface area contributed by atoms with Crippen LogP contribution in [-0.4, -0.2) is 16.2 Å². The zero-order chi connectivity index (χ0) is 14.1. The van der Waals surface area contributed by atoms with Crippen LogP contribution in [0.25, 0.3) is 16.2 Å². The molecule has 1 aliphatic rings. The van der Waals surface area contributed by atoms with E-state index >= 15 is 0 Å². The van der Waals surface area contributed by atoms with E-state index in [1.165, 1.54) is 0 Å². The molecule has 3 nitrogen and oxygen atoms in total. The first kappa shape index (κ1) is 12.8. The average molecular weight is 279 g/mol. The van der Waals surface area contributed by atoms with Crippen LogP contribution in [-0.2, 0) is 0 Å². The van der Waals surface area contributed by atoms with Crippen molar-refractivity contribution in [3.63, 3.8) is 0 Å². The molecule has 4 heteroatoms. The molecule has 20 heavy (non-hydrogen) atoms. The van der Waals surface area contributed by atoms with Crippen molar-refractivity contribution < 1.29 is 0 Å². The summed E-state index contributed by atoms with van der Waals surface area (Å²) in [6.45, 7) is 2.06. The number of thioether (sulfide) groups is 1. The van der Waals surface area contributed by atoms with Gasteiger partial charge in [0.15, 0.2) is 0 Å². The zero-order valence-corrected chi connectivity index (χ0v) is 11.9. The molecule has 98 valence electrons. The van der Waals surface area contributed by atoms with Crippen LogP contribution in [0.1, 0.15) is 12.6 Å². The van der Waals surface area contributed by atoms with E-state index in [0.717, 1.165) is 27.6 Å². The lowest BCUT2D eigenvalue weighted by atomic mass is 10.1. The Labute approximate surface area is 122 Å². The van der Waals surface area contributed by atoms with E-state index < -0.39 is 0 Å². The molecule has 1 aromatic heterocycles. The van der Waals surface area contributed by atoms with E-state index in [0.29, 0.717) is 5.57 Å². The minimum Gasteiger partial charge on any atom is -0.293 e. The number of hydrogen-bond donors (Lipinski definition) is 1. The van der Waals surface area contributed by atoms with Crippen LogP contribution in [0.4, 0.5) is 0 Å². The Bertz CT molecular complexity index is 748. The topological polar surface area (TPSA) is 52.6 Å². The van der Waals surface area contributed by atoms with Crippen LogP contribution in [0, 0.1) is 16.7 Å².